The molecule has 0 aromatic heterocycles. The van der Waals surface area contributed by atoms with E-state index in [4.69, 9.17) is 19.0 Å². The Morgan fingerprint density at radius 1 is 0.778 bits per heavy atom. The first-order valence-corrected chi connectivity index (χ1v) is 2.09. The van der Waals surface area contributed by atoms with E-state index in [1.54, 1.807) is 0 Å². The van der Waals surface area contributed by atoms with Gasteiger partial charge in [-0.2, -0.15) is 0 Å². The summed E-state index contributed by atoms with van der Waals surface area (Å²) in [5.74, 6) is 0. The Balaban J connectivity index is -0.00000000762. The second kappa shape index (κ2) is 8520. The van der Waals surface area contributed by atoms with E-state index in [-0.39, 0.29) is 5.48 Å². The molecule has 5 N–H and O–H groups in total. The predicted molar refractivity (Wildman–Crippen MR) is 28.7 cm³/mol. The van der Waals surface area contributed by atoms with Crippen LogP contribution in [0.4, 0.5) is 0 Å². The van der Waals surface area contributed by atoms with E-state index in [2.05, 4.69) is 0 Å². The fraction of sp³-hybridized carbons (Fsp3) is 1.00. The molecule has 0 rings (SSSR count). The van der Waals surface area contributed by atoms with Crippen molar-refractivity contribution in [3.63, 3.8) is 0 Å². The van der Waals surface area contributed by atoms with Crippen molar-refractivity contribution in [1.29, 1.82) is 0 Å². The Morgan fingerprint density at radius 2 is 0.778 bits per heavy atom. The van der Waals surface area contributed by atoms with E-state index >= 15 is 0 Å². The van der Waals surface area contributed by atoms with Gasteiger partial charge in [0.25, 0.3) is 0 Å². The minimum atomic E-state index is 0. The standard InChI is InChI=1S/3CH4O.H2O.O.V/c3*1-2;;;/h3*2H,1H3;1H2;;. The summed E-state index contributed by atoms with van der Waals surface area (Å²) in [6.07, 6.45) is 0. The molecule has 0 spiro atoms. The SMILES string of the molecule is CO.CO.CO.O.[O]=[V]. The van der Waals surface area contributed by atoms with Crippen LogP contribution >= 0.6 is 0 Å². The van der Waals surface area contributed by atoms with Crippen molar-refractivity contribution in [2.75, 3.05) is 21.3 Å². The number of hydrogen-bond donors (Lipinski definition) is 3. The van der Waals surface area contributed by atoms with Gasteiger partial charge in [-0.15, -0.1) is 0 Å². The average Bonchev–Trinajstić information content (AvgIpc) is 2.03. The van der Waals surface area contributed by atoms with Crippen LogP contribution in [0.1, 0.15) is 0 Å². The van der Waals surface area contributed by atoms with Crippen molar-refractivity contribution in [3.8, 4) is 0 Å². The van der Waals surface area contributed by atoms with Gasteiger partial charge in [-0.1, -0.05) is 0 Å². The van der Waals surface area contributed by atoms with Gasteiger partial charge in [-0.3, -0.25) is 0 Å². The van der Waals surface area contributed by atoms with E-state index in [9.17, 15) is 0 Å². The zero-order chi connectivity index (χ0) is 8.00. The summed E-state index contributed by atoms with van der Waals surface area (Å²) in [4.78, 5) is 0. The summed E-state index contributed by atoms with van der Waals surface area (Å²) in [6.45, 7) is 0. The third-order valence-corrected chi connectivity index (χ3v) is 0. The molecule has 0 radical (unpaired) electrons. The Morgan fingerprint density at radius 3 is 0.778 bits per heavy atom. The molecule has 0 fully saturated rings. The third kappa shape index (κ3) is 6330. The molecule has 0 unspecified atom stereocenters. The molecule has 0 bridgehead atoms. The van der Waals surface area contributed by atoms with Crippen LogP contribution in [0, 0.1) is 0 Å². The quantitative estimate of drug-likeness (QED) is 0.396. The number of rotatable bonds is 0. The van der Waals surface area contributed by atoms with E-state index < -0.39 is 0 Å². The molecule has 0 amide bonds. The van der Waals surface area contributed by atoms with Crippen LogP contribution in [0.25, 0.3) is 0 Å². The third-order valence-electron chi connectivity index (χ3n) is 0. The van der Waals surface area contributed by atoms with E-state index in [1.165, 1.54) is 0 Å². The van der Waals surface area contributed by atoms with Gasteiger partial charge in [-0.05, 0) is 0 Å². The van der Waals surface area contributed by atoms with Crippen LogP contribution < -0.4 is 0 Å². The summed E-state index contributed by atoms with van der Waals surface area (Å²) < 4.78 is 8.19. The Bertz CT molecular complexity index is 12.2. The molecule has 9 heavy (non-hydrogen) atoms. The predicted octanol–water partition coefficient (Wildman–Crippen LogP) is -2.12. The molecule has 0 saturated carbocycles. The molecule has 6 heteroatoms. The fourth-order valence-corrected chi connectivity index (χ4v) is 0. The van der Waals surface area contributed by atoms with Gasteiger partial charge in [0.1, 0.15) is 0 Å². The second-order valence-corrected chi connectivity index (χ2v) is 0. The molecular formula is C3H14O5V. The molecule has 0 aliphatic rings. The molecular weight excluding hydrogens is 167 g/mol. The second-order valence-electron chi connectivity index (χ2n) is 0. The van der Waals surface area contributed by atoms with Crippen LogP contribution in [-0.2, 0) is 21.0 Å². The van der Waals surface area contributed by atoms with Crippen molar-refractivity contribution in [2.24, 2.45) is 0 Å². The van der Waals surface area contributed by atoms with Gasteiger partial charge in [0.15, 0.2) is 0 Å². The molecule has 0 aliphatic heterocycles. The minimum absolute atomic E-state index is 0. The van der Waals surface area contributed by atoms with Gasteiger partial charge in [-0.25, -0.2) is 0 Å². The molecule has 0 saturated heterocycles. The van der Waals surface area contributed by atoms with Gasteiger partial charge in [0.2, 0.25) is 0 Å². The van der Waals surface area contributed by atoms with Crippen molar-refractivity contribution in [2.45, 2.75) is 0 Å². The summed E-state index contributed by atoms with van der Waals surface area (Å²) in [6, 6.07) is 0. The van der Waals surface area contributed by atoms with E-state index in [0.717, 1.165) is 38.7 Å². The van der Waals surface area contributed by atoms with Gasteiger partial charge in [0.05, 0.1) is 0 Å². The van der Waals surface area contributed by atoms with E-state index in [0.29, 0.717) is 0 Å². The monoisotopic (exact) mass is 181 g/mol. The zero-order valence-electron chi connectivity index (χ0n) is 5.70. The first-order valence-electron chi connectivity index (χ1n) is 1.52. The Kier molecular flexibility index (Phi) is 33100. The van der Waals surface area contributed by atoms with Crippen LogP contribution in [0.3, 0.4) is 0 Å². The molecule has 61 valence electrons. The Hall–Kier alpha value is 0.224. The summed E-state index contributed by atoms with van der Waals surface area (Å²) >= 11 is 1.06. The molecule has 5 nitrogen and oxygen atoms in total. The maximum absolute atomic E-state index is 8.19. The normalized spacial score (nSPS) is 2.33. The molecule has 0 heterocycles. The Labute approximate surface area is 63.8 Å². The van der Waals surface area contributed by atoms with Crippen LogP contribution in [0.15, 0.2) is 0 Å². The first-order chi connectivity index (χ1) is 4.00. The number of aliphatic hydroxyl groups excluding tert-OH is 3. The van der Waals surface area contributed by atoms with Crippen LogP contribution in [-0.4, -0.2) is 42.1 Å². The summed E-state index contributed by atoms with van der Waals surface area (Å²) in [5, 5.41) is 21.0. The van der Waals surface area contributed by atoms with Crippen molar-refractivity contribution in [3.05, 3.63) is 0 Å². The average molecular weight is 181 g/mol. The number of aliphatic hydroxyl groups is 3. The topological polar surface area (TPSA) is 109 Å². The van der Waals surface area contributed by atoms with Gasteiger partial charge >= 0.3 is 21.0 Å². The zero-order valence-corrected chi connectivity index (χ0v) is 7.09. The molecule has 0 aliphatic carbocycles. The molecule has 0 aromatic rings. The van der Waals surface area contributed by atoms with Crippen molar-refractivity contribution >= 4 is 0 Å². The number of hydrogen-bond acceptors (Lipinski definition) is 4. The van der Waals surface area contributed by atoms with Crippen LogP contribution in [0.2, 0.25) is 0 Å². The van der Waals surface area contributed by atoms with Crippen molar-refractivity contribution in [1.82, 2.24) is 0 Å². The molecule has 0 atom stereocenters. The van der Waals surface area contributed by atoms with Crippen molar-refractivity contribution < 1.29 is 41.8 Å². The summed E-state index contributed by atoms with van der Waals surface area (Å²) in [7, 11) is 3.00. The fourth-order valence-electron chi connectivity index (χ4n) is 0. The molecule has 0 aromatic carbocycles. The summed E-state index contributed by atoms with van der Waals surface area (Å²) in [5.41, 5.74) is 0. The first kappa shape index (κ1) is 35.0. The van der Waals surface area contributed by atoms with Gasteiger partial charge < -0.3 is 20.8 Å². The van der Waals surface area contributed by atoms with Crippen LogP contribution in [0.5, 0.6) is 0 Å². The maximum atomic E-state index is 8.19. The van der Waals surface area contributed by atoms with E-state index in [1.807, 2.05) is 0 Å². The van der Waals surface area contributed by atoms with Gasteiger partial charge in [0, 0.05) is 21.3 Å².